The predicted octanol–water partition coefficient (Wildman–Crippen LogP) is 0.857. The smallest absolute Gasteiger partial charge is 0.237 e. The highest BCUT2D eigenvalue weighted by Crippen LogP contribution is 2.29. The van der Waals surface area contributed by atoms with Crippen LogP contribution in [0.2, 0.25) is 0 Å². The molecule has 0 aromatic rings. The average molecular weight is 239 g/mol. The number of carbonyl (C=O) groups excluding carboxylic acids is 1. The molecule has 1 unspecified atom stereocenters. The second-order valence-electron chi connectivity index (χ2n) is 5.45. The van der Waals surface area contributed by atoms with Gasteiger partial charge in [0.25, 0.3) is 0 Å². The van der Waals surface area contributed by atoms with Crippen molar-refractivity contribution in [2.45, 2.75) is 63.6 Å². The summed E-state index contributed by atoms with van der Waals surface area (Å²) >= 11 is 0. The van der Waals surface area contributed by atoms with Gasteiger partial charge in [-0.3, -0.25) is 4.79 Å². The van der Waals surface area contributed by atoms with Gasteiger partial charge in [0.05, 0.1) is 6.04 Å². The fourth-order valence-corrected chi connectivity index (χ4v) is 2.60. The molecule has 0 aromatic heterocycles. The molecular formula is C13H25N3O. The first kappa shape index (κ1) is 12.8. The Morgan fingerprint density at radius 3 is 2.53 bits per heavy atom. The van der Waals surface area contributed by atoms with Crippen molar-refractivity contribution in [1.29, 1.82) is 0 Å². The van der Waals surface area contributed by atoms with E-state index in [0.717, 1.165) is 44.8 Å². The lowest BCUT2D eigenvalue weighted by molar-refractivity contribution is -0.123. The molecule has 1 aliphatic carbocycles. The molecule has 0 radical (unpaired) electrons. The topological polar surface area (TPSA) is 58.4 Å². The lowest BCUT2D eigenvalue weighted by Gasteiger charge is -2.32. The van der Waals surface area contributed by atoms with Crippen LogP contribution in [0, 0.1) is 0 Å². The van der Waals surface area contributed by atoms with E-state index in [4.69, 9.17) is 5.73 Å². The van der Waals surface area contributed by atoms with Crippen molar-refractivity contribution in [3.05, 3.63) is 0 Å². The molecule has 1 saturated heterocycles. The maximum atomic E-state index is 11.8. The summed E-state index contributed by atoms with van der Waals surface area (Å²) in [6.07, 6.45) is 6.67. The van der Waals surface area contributed by atoms with E-state index in [1.165, 1.54) is 12.8 Å². The molecule has 4 nitrogen and oxygen atoms in total. The first-order chi connectivity index (χ1) is 8.20. The van der Waals surface area contributed by atoms with E-state index < -0.39 is 0 Å². The van der Waals surface area contributed by atoms with Crippen LogP contribution in [0.1, 0.15) is 45.4 Å². The molecule has 1 aliphatic heterocycles. The number of likely N-dealkylation sites (tertiary alicyclic amines) is 1. The Morgan fingerprint density at radius 2 is 2.00 bits per heavy atom. The number of piperidine rings is 1. The monoisotopic (exact) mass is 239 g/mol. The van der Waals surface area contributed by atoms with Gasteiger partial charge in [-0.2, -0.15) is 0 Å². The highest BCUT2D eigenvalue weighted by Gasteiger charge is 2.32. The zero-order valence-corrected chi connectivity index (χ0v) is 10.8. The van der Waals surface area contributed by atoms with Crippen LogP contribution in [0.25, 0.3) is 0 Å². The Labute approximate surface area is 104 Å². The van der Waals surface area contributed by atoms with Gasteiger partial charge in [-0.05, 0) is 32.1 Å². The number of hydrogen-bond donors (Lipinski definition) is 2. The number of nitrogens with one attached hydrogen (secondary N) is 1. The van der Waals surface area contributed by atoms with E-state index in [-0.39, 0.29) is 11.9 Å². The van der Waals surface area contributed by atoms with Gasteiger partial charge >= 0.3 is 0 Å². The molecule has 2 aliphatic rings. The Hall–Kier alpha value is -0.610. The lowest BCUT2D eigenvalue weighted by Crippen LogP contribution is -2.49. The number of hydrogen-bond acceptors (Lipinski definition) is 3. The van der Waals surface area contributed by atoms with Crippen LogP contribution in [0.15, 0.2) is 0 Å². The van der Waals surface area contributed by atoms with Gasteiger partial charge in [0.2, 0.25) is 5.91 Å². The van der Waals surface area contributed by atoms with Gasteiger partial charge in [-0.25, -0.2) is 0 Å². The molecule has 1 atom stereocenters. The molecule has 1 heterocycles. The van der Waals surface area contributed by atoms with Crippen molar-refractivity contribution in [2.24, 2.45) is 5.73 Å². The van der Waals surface area contributed by atoms with Crippen molar-refractivity contribution in [3.8, 4) is 0 Å². The zero-order valence-electron chi connectivity index (χ0n) is 10.8. The molecule has 0 aromatic carbocycles. The van der Waals surface area contributed by atoms with Crippen LogP contribution < -0.4 is 11.1 Å². The maximum Gasteiger partial charge on any atom is 0.237 e. The Balaban J connectivity index is 1.68. The molecule has 1 saturated carbocycles. The molecule has 0 spiro atoms. The average Bonchev–Trinajstić information content (AvgIpc) is 3.14. The third kappa shape index (κ3) is 3.68. The van der Waals surface area contributed by atoms with Crippen LogP contribution >= 0.6 is 0 Å². The number of nitrogens with two attached hydrogens (primary N) is 1. The molecule has 3 N–H and O–H groups in total. The van der Waals surface area contributed by atoms with Gasteiger partial charge < -0.3 is 16.0 Å². The Morgan fingerprint density at radius 1 is 1.35 bits per heavy atom. The zero-order chi connectivity index (χ0) is 12.3. The molecule has 1 amide bonds. The fraction of sp³-hybridized carbons (Fsp3) is 0.923. The van der Waals surface area contributed by atoms with Gasteiger partial charge in [-0.15, -0.1) is 0 Å². The van der Waals surface area contributed by atoms with E-state index in [1.807, 2.05) is 0 Å². The summed E-state index contributed by atoms with van der Waals surface area (Å²) in [5.74, 6) is 0.0386. The molecule has 2 fully saturated rings. The standard InChI is InChI=1S/C13H25N3O/c1-2-3-12(14)13(17)15-10-6-8-16(9-7-10)11-4-5-11/h10-12H,2-9,14H2,1H3,(H,15,17). The maximum absolute atomic E-state index is 11.8. The van der Waals surface area contributed by atoms with Crippen LogP contribution in [-0.2, 0) is 4.79 Å². The summed E-state index contributed by atoms with van der Waals surface area (Å²) in [4.78, 5) is 14.3. The second-order valence-corrected chi connectivity index (χ2v) is 5.45. The Kier molecular flexibility index (Phi) is 4.40. The van der Waals surface area contributed by atoms with E-state index in [0.29, 0.717) is 6.04 Å². The Bertz CT molecular complexity index is 257. The lowest BCUT2D eigenvalue weighted by atomic mass is 10.0. The van der Waals surface area contributed by atoms with E-state index in [1.54, 1.807) is 0 Å². The van der Waals surface area contributed by atoms with Crippen LogP contribution in [0.3, 0.4) is 0 Å². The number of rotatable bonds is 5. The first-order valence-corrected chi connectivity index (χ1v) is 7.00. The third-order valence-corrected chi connectivity index (χ3v) is 3.88. The largest absolute Gasteiger partial charge is 0.352 e. The van der Waals surface area contributed by atoms with Crippen LogP contribution in [0.4, 0.5) is 0 Å². The molecule has 2 rings (SSSR count). The van der Waals surface area contributed by atoms with Gasteiger partial charge in [0.15, 0.2) is 0 Å². The number of nitrogens with zero attached hydrogens (tertiary/aromatic N) is 1. The fourth-order valence-electron chi connectivity index (χ4n) is 2.60. The van der Waals surface area contributed by atoms with E-state index in [9.17, 15) is 4.79 Å². The second kappa shape index (κ2) is 5.83. The van der Waals surface area contributed by atoms with Crippen LogP contribution in [-0.4, -0.2) is 42.0 Å². The minimum Gasteiger partial charge on any atom is -0.352 e. The van der Waals surface area contributed by atoms with Crippen molar-refractivity contribution >= 4 is 5.91 Å². The summed E-state index contributed by atoms with van der Waals surface area (Å²) in [5, 5.41) is 3.09. The first-order valence-electron chi connectivity index (χ1n) is 7.00. The minimum absolute atomic E-state index is 0.0386. The van der Waals surface area contributed by atoms with E-state index in [2.05, 4.69) is 17.1 Å². The molecule has 17 heavy (non-hydrogen) atoms. The molecule has 4 heteroatoms. The van der Waals surface area contributed by atoms with Crippen molar-refractivity contribution in [3.63, 3.8) is 0 Å². The SMILES string of the molecule is CCCC(N)C(=O)NC1CCN(C2CC2)CC1. The summed E-state index contributed by atoms with van der Waals surface area (Å²) in [5.41, 5.74) is 5.81. The molecule has 98 valence electrons. The van der Waals surface area contributed by atoms with Gasteiger partial charge in [-0.1, -0.05) is 13.3 Å². The van der Waals surface area contributed by atoms with Crippen LogP contribution in [0.5, 0.6) is 0 Å². The summed E-state index contributed by atoms with van der Waals surface area (Å²) in [7, 11) is 0. The van der Waals surface area contributed by atoms with Crippen molar-refractivity contribution < 1.29 is 4.79 Å². The third-order valence-electron chi connectivity index (χ3n) is 3.88. The highest BCUT2D eigenvalue weighted by atomic mass is 16.2. The number of carbonyl (C=O) groups is 1. The van der Waals surface area contributed by atoms with E-state index >= 15 is 0 Å². The minimum atomic E-state index is -0.318. The molecular weight excluding hydrogens is 214 g/mol. The van der Waals surface area contributed by atoms with Gasteiger partial charge in [0.1, 0.15) is 0 Å². The summed E-state index contributed by atoms with van der Waals surface area (Å²) in [6, 6.07) is 0.885. The normalized spacial score (nSPS) is 24.6. The summed E-state index contributed by atoms with van der Waals surface area (Å²) < 4.78 is 0. The van der Waals surface area contributed by atoms with Crippen molar-refractivity contribution in [1.82, 2.24) is 10.2 Å². The summed E-state index contributed by atoms with van der Waals surface area (Å²) in [6.45, 7) is 4.33. The number of amides is 1. The predicted molar refractivity (Wildman–Crippen MR) is 68.6 cm³/mol. The quantitative estimate of drug-likeness (QED) is 0.748. The van der Waals surface area contributed by atoms with Gasteiger partial charge in [0, 0.05) is 25.2 Å². The molecule has 0 bridgehead atoms. The highest BCUT2D eigenvalue weighted by molar-refractivity contribution is 5.81. The van der Waals surface area contributed by atoms with Crippen molar-refractivity contribution in [2.75, 3.05) is 13.1 Å².